The molecule has 2 N–H and O–H groups in total. The summed E-state index contributed by atoms with van der Waals surface area (Å²) >= 11 is 0. The monoisotopic (exact) mass is 236 g/mol. The predicted molar refractivity (Wildman–Crippen MR) is 72.5 cm³/mol. The van der Waals surface area contributed by atoms with Crippen molar-refractivity contribution in [3.05, 3.63) is 29.8 Å². The van der Waals surface area contributed by atoms with Gasteiger partial charge in [-0.05, 0) is 37.6 Å². The first-order valence-corrected chi connectivity index (χ1v) is 6.50. The normalized spacial score (nSPS) is 10.5. The number of ether oxygens (including phenoxy) is 1. The van der Waals surface area contributed by atoms with Gasteiger partial charge in [0.15, 0.2) is 0 Å². The maximum Gasteiger partial charge on any atom is 0.119 e. The number of nitrogens with one attached hydrogen (secondary N) is 2. The maximum absolute atomic E-state index is 5.40. The van der Waals surface area contributed by atoms with E-state index in [0.717, 1.165) is 38.5 Å². The van der Waals surface area contributed by atoms with Crippen molar-refractivity contribution in [1.82, 2.24) is 10.6 Å². The Morgan fingerprint density at radius 1 is 0.941 bits per heavy atom. The van der Waals surface area contributed by atoms with Crippen LogP contribution in [0.2, 0.25) is 0 Å². The Morgan fingerprint density at radius 2 is 1.65 bits per heavy atom. The van der Waals surface area contributed by atoms with Crippen LogP contribution in [0, 0.1) is 0 Å². The molecule has 3 heteroatoms. The Balaban J connectivity index is 2.14. The van der Waals surface area contributed by atoms with Gasteiger partial charge in [0, 0.05) is 19.6 Å². The van der Waals surface area contributed by atoms with Gasteiger partial charge in [0.2, 0.25) is 0 Å². The fourth-order valence-corrected chi connectivity index (χ4v) is 1.58. The minimum atomic E-state index is 0.723. The predicted octanol–water partition coefficient (Wildman–Crippen LogP) is 2.17. The first kappa shape index (κ1) is 14.0. The van der Waals surface area contributed by atoms with Crippen molar-refractivity contribution in [3.8, 4) is 5.75 Å². The van der Waals surface area contributed by atoms with Gasteiger partial charge in [0.05, 0.1) is 6.61 Å². The van der Waals surface area contributed by atoms with Crippen LogP contribution in [0.4, 0.5) is 0 Å². The Labute approximate surface area is 105 Å². The summed E-state index contributed by atoms with van der Waals surface area (Å²) in [7, 11) is 0. The van der Waals surface area contributed by atoms with E-state index in [1.165, 1.54) is 12.0 Å². The summed E-state index contributed by atoms with van der Waals surface area (Å²) in [5.74, 6) is 0.945. The van der Waals surface area contributed by atoms with Gasteiger partial charge in [-0.3, -0.25) is 0 Å². The molecule has 0 aromatic heterocycles. The lowest BCUT2D eigenvalue weighted by atomic mass is 10.2. The SMILES string of the molecule is CCCNCCNCc1ccc(OCC)cc1. The van der Waals surface area contributed by atoms with Crippen LogP contribution in [0.15, 0.2) is 24.3 Å². The van der Waals surface area contributed by atoms with Gasteiger partial charge in [0.25, 0.3) is 0 Å². The van der Waals surface area contributed by atoms with E-state index >= 15 is 0 Å². The Bertz CT molecular complexity index is 285. The summed E-state index contributed by atoms with van der Waals surface area (Å²) in [4.78, 5) is 0. The van der Waals surface area contributed by atoms with Crippen LogP contribution in [-0.2, 0) is 6.54 Å². The lowest BCUT2D eigenvalue weighted by Crippen LogP contribution is -2.27. The number of hydrogen-bond donors (Lipinski definition) is 2. The zero-order valence-corrected chi connectivity index (χ0v) is 11.0. The second-order valence-corrected chi connectivity index (χ2v) is 4.00. The van der Waals surface area contributed by atoms with Crippen molar-refractivity contribution in [2.75, 3.05) is 26.2 Å². The van der Waals surface area contributed by atoms with Crippen LogP contribution in [0.3, 0.4) is 0 Å². The summed E-state index contributed by atoms with van der Waals surface area (Å²) in [5.41, 5.74) is 1.30. The molecular weight excluding hydrogens is 212 g/mol. The molecule has 0 radical (unpaired) electrons. The highest BCUT2D eigenvalue weighted by molar-refractivity contribution is 5.27. The molecule has 3 nitrogen and oxygen atoms in total. The standard InChI is InChI=1S/C14H24N2O/c1-3-9-15-10-11-16-12-13-5-7-14(8-6-13)17-4-2/h5-8,15-16H,3-4,9-12H2,1-2H3. The van der Waals surface area contributed by atoms with Crippen LogP contribution in [0.1, 0.15) is 25.8 Å². The van der Waals surface area contributed by atoms with Crippen LogP contribution < -0.4 is 15.4 Å². The molecule has 1 aromatic carbocycles. The van der Waals surface area contributed by atoms with Gasteiger partial charge >= 0.3 is 0 Å². The molecule has 0 bridgehead atoms. The van der Waals surface area contributed by atoms with Crippen molar-refractivity contribution >= 4 is 0 Å². The molecule has 0 aliphatic carbocycles. The molecule has 96 valence electrons. The molecule has 0 aliphatic heterocycles. The average Bonchev–Trinajstić information content (AvgIpc) is 2.36. The molecular formula is C14H24N2O. The lowest BCUT2D eigenvalue weighted by molar-refractivity contribution is 0.340. The summed E-state index contributed by atoms with van der Waals surface area (Å²) in [6, 6.07) is 8.26. The van der Waals surface area contributed by atoms with Gasteiger partial charge in [-0.2, -0.15) is 0 Å². The molecule has 1 rings (SSSR count). The van der Waals surface area contributed by atoms with Gasteiger partial charge in [-0.1, -0.05) is 19.1 Å². The summed E-state index contributed by atoms with van der Waals surface area (Å²) in [6.45, 7) is 8.96. The third-order valence-corrected chi connectivity index (χ3v) is 2.47. The smallest absolute Gasteiger partial charge is 0.119 e. The quantitative estimate of drug-likeness (QED) is 0.645. The largest absolute Gasteiger partial charge is 0.494 e. The van der Waals surface area contributed by atoms with Gasteiger partial charge in [-0.15, -0.1) is 0 Å². The van der Waals surface area contributed by atoms with Gasteiger partial charge < -0.3 is 15.4 Å². The van der Waals surface area contributed by atoms with E-state index in [0.29, 0.717) is 0 Å². The fraction of sp³-hybridized carbons (Fsp3) is 0.571. The summed E-state index contributed by atoms with van der Waals surface area (Å²) < 4.78 is 5.40. The average molecular weight is 236 g/mol. The van der Waals surface area contributed by atoms with Crippen molar-refractivity contribution < 1.29 is 4.74 Å². The third-order valence-electron chi connectivity index (χ3n) is 2.47. The summed E-state index contributed by atoms with van der Waals surface area (Å²) in [5, 5.41) is 6.77. The van der Waals surface area contributed by atoms with Gasteiger partial charge in [-0.25, -0.2) is 0 Å². The Kier molecular flexibility index (Phi) is 7.43. The zero-order valence-electron chi connectivity index (χ0n) is 11.0. The Hall–Kier alpha value is -1.06. The topological polar surface area (TPSA) is 33.3 Å². The highest BCUT2D eigenvalue weighted by Crippen LogP contribution is 2.11. The minimum Gasteiger partial charge on any atom is -0.494 e. The molecule has 0 amide bonds. The first-order chi connectivity index (χ1) is 8.36. The van der Waals surface area contributed by atoms with E-state index in [-0.39, 0.29) is 0 Å². The van der Waals surface area contributed by atoms with Crippen molar-refractivity contribution in [2.45, 2.75) is 26.8 Å². The third kappa shape index (κ3) is 6.29. The van der Waals surface area contributed by atoms with Crippen LogP contribution in [0.25, 0.3) is 0 Å². The van der Waals surface area contributed by atoms with Gasteiger partial charge in [0.1, 0.15) is 5.75 Å². The number of benzene rings is 1. The highest BCUT2D eigenvalue weighted by Gasteiger charge is 1.94. The molecule has 0 heterocycles. The molecule has 0 atom stereocenters. The lowest BCUT2D eigenvalue weighted by Gasteiger charge is -2.07. The van der Waals surface area contributed by atoms with Crippen LogP contribution in [0.5, 0.6) is 5.75 Å². The van der Waals surface area contributed by atoms with Crippen LogP contribution >= 0.6 is 0 Å². The van der Waals surface area contributed by atoms with Crippen LogP contribution in [-0.4, -0.2) is 26.2 Å². The molecule has 0 unspecified atom stereocenters. The molecule has 0 fully saturated rings. The van der Waals surface area contributed by atoms with Crippen molar-refractivity contribution in [1.29, 1.82) is 0 Å². The first-order valence-electron chi connectivity index (χ1n) is 6.50. The maximum atomic E-state index is 5.40. The van der Waals surface area contributed by atoms with E-state index in [2.05, 4.69) is 29.7 Å². The second-order valence-electron chi connectivity index (χ2n) is 4.00. The van der Waals surface area contributed by atoms with E-state index in [9.17, 15) is 0 Å². The number of rotatable bonds is 9. The highest BCUT2D eigenvalue weighted by atomic mass is 16.5. The second kappa shape index (κ2) is 9.02. The van der Waals surface area contributed by atoms with E-state index in [1.807, 2.05) is 19.1 Å². The van der Waals surface area contributed by atoms with E-state index < -0.39 is 0 Å². The van der Waals surface area contributed by atoms with Crippen molar-refractivity contribution in [3.63, 3.8) is 0 Å². The summed E-state index contributed by atoms with van der Waals surface area (Å²) in [6.07, 6.45) is 1.19. The molecule has 0 spiro atoms. The molecule has 17 heavy (non-hydrogen) atoms. The number of hydrogen-bond acceptors (Lipinski definition) is 3. The molecule has 0 aliphatic rings. The molecule has 1 aromatic rings. The van der Waals surface area contributed by atoms with Crippen molar-refractivity contribution in [2.24, 2.45) is 0 Å². The minimum absolute atomic E-state index is 0.723. The Morgan fingerprint density at radius 3 is 2.29 bits per heavy atom. The fourth-order valence-electron chi connectivity index (χ4n) is 1.58. The van der Waals surface area contributed by atoms with E-state index in [1.54, 1.807) is 0 Å². The molecule has 0 saturated heterocycles. The zero-order chi connectivity index (χ0) is 12.3. The van der Waals surface area contributed by atoms with E-state index in [4.69, 9.17) is 4.74 Å². The molecule has 0 saturated carbocycles.